The summed E-state index contributed by atoms with van der Waals surface area (Å²) in [6.45, 7) is 8.87. The number of likely N-dealkylation sites (tertiary alicyclic amines) is 1. The highest BCUT2D eigenvalue weighted by Crippen LogP contribution is 2.38. The molecule has 2 fully saturated rings. The van der Waals surface area contributed by atoms with Gasteiger partial charge < -0.3 is 14.4 Å². The molecule has 0 aromatic heterocycles. The van der Waals surface area contributed by atoms with Gasteiger partial charge in [-0.3, -0.25) is 4.79 Å². The van der Waals surface area contributed by atoms with Gasteiger partial charge in [0, 0.05) is 13.1 Å². The van der Waals surface area contributed by atoms with Crippen LogP contribution in [0.15, 0.2) is 35.2 Å². The Morgan fingerprint density at radius 3 is 2.53 bits per heavy atom. The number of hydrogen-bond donors (Lipinski definition) is 1. The Morgan fingerprint density at radius 2 is 1.85 bits per heavy atom. The average Bonchev–Trinajstić information content (AvgIpc) is 3.46. The third-order valence-electron chi connectivity index (χ3n) is 6.99. The molecule has 0 unspecified atom stereocenters. The summed E-state index contributed by atoms with van der Waals surface area (Å²) in [6.07, 6.45) is 2.18. The number of aryl methyl sites for hydroxylation is 3. The normalized spacial score (nSPS) is 22.6. The number of nitrogens with one attached hydrogen (secondary N) is 1. The van der Waals surface area contributed by atoms with Crippen molar-refractivity contribution < 1.29 is 17.4 Å². The fraction of sp³-hybridized carbons (Fsp3) is 0.462. The summed E-state index contributed by atoms with van der Waals surface area (Å²) < 4.78 is 31.6. The molecule has 0 aliphatic carbocycles. The van der Waals surface area contributed by atoms with E-state index in [9.17, 15) is 18.5 Å². The maximum Gasteiger partial charge on any atom is 0.339 e. The minimum Gasteiger partial charge on any atom is -0.378 e. The van der Waals surface area contributed by atoms with Crippen LogP contribution >= 0.6 is 0 Å². The summed E-state index contributed by atoms with van der Waals surface area (Å²) in [5, 5.41) is 12.7. The fourth-order valence-corrected chi connectivity index (χ4v) is 6.35. The largest absolute Gasteiger partial charge is 0.378 e. The summed E-state index contributed by atoms with van der Waals surface area (Å²) in [7, 11) is -3.98. The first-order chi connectivity index (χ1) is 16.1. The second-order valence-corrected chi connectivity index (χ2v) is 11.0. The number of hydrogen-bond acceptors (Lipinski definition) is 6. The van der Waals surface area contributed by atoms with Crippen LogP contribution in [0.25, 0.3) is 0 Å². The van der Waals surface area contributed by atoms with Crippen molar-refractivity contribution >= 4 is 16.0 Å². The standard InChI is InChI=1S/C26H31N3O4S/c1-16-7-9-22(10-8-16)34(31,32)33-25-18(3)12-17(2)24(19(25)4)20-13-23(28-15-20)26(30)29-11-5-6-21(29)14-27/h7-10,12,20-21,23,28H,5-6,11,13,15H2,1-4H3/t20-,21-,23-/m0/s1. The van der Waals surface area contributed by atoms with Crippen molar-refractivity contribution in [3.8, 4) is 11.8 Å². The molecule has 7 nitrogen and oxygen atoms in total. The number of carbonyl (C=O) groups excluding carboxylic acids is 1. The Labute approximate surface area is 201 Å². The van der Waals surface area contributed by atoms with E-state index in [1.165, 1.54) is 0 Å². The molecule has 2 saturated heterocycles. The summed E-state index contributed by atoms with van der Waals surface area (Å²) in [4.78, 5) is 14.9. The monoisotopic (exact) mass is 481 g/mol. The molecule has 180 valence electrons. The summed E-state index contributed by atoms with van der Waals surface area (Å²) in [5.41, 5.74) is 4.56. The highest BCUT2D eigenvalue weighted by molar-refractivity contribution is 7.87. The molecule has 1 amide bonds. The number of nitrogens with zero attached hydrogens (tertiary/aromatic N) is 2. The topological polar surface area (TPSA) is 99.5 Å². The molecule has 1 N–H and O–H groups in total. The lowest BCUT2D eigenvalue weighted by atomic mass is 9.87. The quantitative estimate of drug-likeness (QED) is 0.655. The molecule has 0 radical (unpaired) electrons. The SMILES string of the molecule is Cc1ccc(S(=O)(=O)Oc2c(C)cc(C)c([C@@H]3CN[C@H](C(=O)N4CCC[C@H]4C#N)C3)c2C)cc1. The molecule has 2 aromatic carbocycles. The van der Waals surface area contributed by atoms with Gasteiger partial charge in [-0.05, 0) is 87.3 Å². The van der Waals surface area contributed by atoms with E-state index in [2.05, 4.69) is 11.4 Å². The molecule has 3 atom stereocenters. The maximum absolute atomic E-state index is 13.1. The van der Waals surface area contributed by atoms with Crippen LogP contribution in [-0.4, -0.2) is 44.4 Å². The third kappa shape index (κ3) is 4.55. The van der Waals surface area contributed by atoms with E-state index < -0.39 is 10.1 Å². The Kier molecular flexibility index (Phi) is 6.70. The molecule has 8 heteroatoms. The van der Waals surface area contributed by atoms with Gasteiger partial charge in [-0.15, -0.1) is 0 Å². The lowest BCUT2D eigenvalue weighted by Gasteiger charge is -2.24. The van der Waals surface area contributed by atoms with Crippen molar-refractivity contribution in [1.29, 1.82) is 5.26 Å². The summed E-state index contributed by atoms with van der Waals surface area (Å²) >= 11 is 0. The van der Waals surface area contributed by atoms with Crippen molar-refractivity contribution in [3.05, 3.63) is 58.1 Å². The molecule has 2 aliphatic heterocycles. The first-order valence-corrected chi connectivity index (χ1v) is 13.1. The third-order valence-corrected chi connectivity index (χ3v) is 8.22. The van der Waals surface area contributed by atoms with E-state index >= 15 is 0 Å². The molecule has 0 spiro atoms. The Morgan fingerprint density at radius 1 is 1.15 bits per heavy atom. The minimum absolute atomic E-state index is 0.0209. The Bertz CT molecular complexity index is 1250. The Balaban J connectivity index is 1.59. The van der Waals surface area contributed by atoms with Crippen LogP contribution < -0.4 is 9.50 Å². The molecule has 2 heterocycles. The maximum atomic E-state index is 13.1. The van der Waals surface area contributed by atoms with Crippen LogP contribution in [0.1, 0.15) is 53.0 Å². The van der Waals surface area contributed by atoms with E-state index in [0.717, 1.165) is 40.7 Å². The molecular formula is C26H31N3O4S. The first-order valence-electron chi connectivity index (χ1n) is 11.7. The molecule has 0 bridgehead atoms. The molecular weight excluding hydrogens is 450 g/mol. The predicted molar refractivity (Wildman–Crippen MR) is 129 cm³/mol. The number of carbonyl (C=O) groups is 1. The van der Waals surface area contributed by atoms with Crippen LogP contribution in [0, 0.1) is 39.0 Å². The second kappa shape index (κ2) is 9.40. The van der Waals surface area contributed by atoms with Crippen molar-refractivity contribution in [3.63, 3.8) is 0 Å². The number of amides is 1. The van der Waals surface area contributed by atoms with Crippen LogP contribution in [0.2, 0.25) is 0 Å². The lowest BCUT2D eigenvalue weighted by molar-refractivity contribution is -0.133. The fourth-order valence-electron chi connectivity index (χ4n) is 5.31. The number of rotatable bonds is 5. The molecule has 34 heavy (non-hydrogen) atoms. The van der Waals surface area contributed by atoms with Gasteiger partial charge in [0.25, 0.3) is 0 Å². The van der Waals surface area contributed by atoms with Crippen molar-refractivity contribution in [2.75, 3.05) is 13.1 Å². The summed E-state index contributed by atoms with van der Waals surface area (Å²) in [5.74, 6) is 0.370. The predicted octanol–water partition coefficient (Wildman–Crippen LogP) is 3.65. The van der Waals surface area contributed by atoms with Crippen LogP contribution in [-0.2, 0) is 14.9 Å². The van der Waals surface area contributed by atoms with Crippen LogP contribution in [0.5, 0.6) is 5.75 Å². The van der Waals surface area contributed by atoms with Gasteiger partial charge in [-0.25, -0.2) is 0 Å². The smallest absolute Gasteiger partial charge is 0.339 e. The number of benzene rings is 2. The Hall–Kier alpha value is -2.89. The van der Waals surface area contributed by atoms with Crippen molar-refractivity contribution in [2.45, 2.75) is 69.9 Å². The molecule has 0 saturated carbocycles. The van der Waals surface area contributed by atoms with Gasteiger partial charge in [0.05, 0.1) is 12.1 Å². The molecule has 4 rings (SSSR count). The van der Waals surface area contributed by atoms with Gasteiger partial charge >= 0.3 is 10.1 Å². The van der Waals surface area contributed by atoms with E-state index in [0.29, 0.717) is 25.3 Å². The van der Waals surface area contributed by atoms with Crippen LogP contribution in [0.3, 0.4) is 0 Å². The first kappa shape index (κ1) is 24.2. The zero-order valence-corrected chi connectivity index (χ0v) is 20.9. The van der Waals surface area contributed by atoms with E-state index in [1.807, 2.05) is 33.8 Å². The van der Waals surface area contributed by atoms with E-state index in [-0.39, 0.29) is 28.8 Å². The van der Waals surface area contributed by atoms with Crippen LogP contribution in [0.4, 0.5) is 0 Å². The van der Waals surface area contributed by atoms with E-state index in [1.54, 1.807) is 29.2 Å². The highest BCUT2D eigenvalue weighted by Gasteiger charge is 2.38. The van der Waals surface area contributed by atoms with Gasteiger partial charge in [0.15, 0.2) is 0 Å². The highest BCUT2D eigenvalue weighted by atomic mass is 32.2. The van der Waals surface area contributed by atoms with Crippen molar-refractivity contribution in [2.24, 2.45) is 0 Å². The van der Waals surface area contributed by atoms with Gasteiger partial charge in [0.2, 0.25) is 5.91 Å². The van der Waals surface area contributed by atoms with E-state index in [4.69, 9.17) is 4.18 Å². The second-order valence-electron chi connectivity index (χ2n) is 9.44. The molecule has 2 aliphatic rings. The summed E-state index contributed by atoms with van der Waals surface area (Å²) in [6, 6.07) is 10.1. The zero-order valence-electron chi connectivity index (χ0n) is 20.1. The number of nitriles is 1. The van der Waals surface area contributed by atoms with Gasteiger partial charge in [0.1, 0.15) is 16.7 Å². The zero-order chi connectivity index (χ0) is 24.6. The average molecular weight is 482 g/mol. The van der Waals surface area contributed by atoms with Gasteiger partial charge in [-0.1, -0.05) is 23.8 Å². The van der Waals surface area contributed by atoms with Gasteiger partial charge in [-0.2, -0.15) is 13.7 Å². The lowest BCUT2D eigenvalue weighted by Crippen LogP contribution is -2.45. The minimum atomic E-state index is -3.98. The molecule has 2 aromatic rings. The van der Waals surface area contributed by atoms with Crippen molar-refractivity contribution in [1.82, 2.24) is 10.2 Å².